The molecule has 23 heavy (non-hydrogen) atoms. The molecule has 2 aliphatic rings. The molecule has 1 aromatic rings. The molecule has 0 atom stereocenters. The van der Waals surface area contributed by atoms with Crippen molar-refractivity contribution in [2.45, 2.75) is 45.6 Å². The first-order valence-electron chi connectivity index (χ1n) is 8.61. The average Bonchev–Trinajstić information content (AvgIpc) is 3.05. The van der Waals surface area contributed by atoms with Crippen LogP contribution in [0, 0.1) is 13.8 Å². The van der Waals surface area contributed by atoms with Gasteiger partial charge < -0.3 is 10.2 Å². The number of aryl methyl sites for hydroxylation is 2. The fraction of sp³-hybridized carbons (Fsp3) is 0.611. The maximum atomic E-state index is 12.5. The quantitative estimate of drug-likeness (QED) is 0.885. The highest BCUT2D eigenvalue weighted by atomic mass is 35.5. The van der Waals surface area contributed by atoms with Crippen molar-refractivity contribution in [1.82, 2.24) is 9.80 Å². The number of carbonyl (C=O) groups excluding carboxylic acids is 1. The Labute approximate surface area is 143 Å². The number of hydrogen-bond acceptors (Lipinski definition) is 2. The fourth-order valence-corrected chi connectivity index (χ4v) is 4.19. The van der Waals surface area contributed by atoms with Gasteiger partial charge in [-0.25, -0.2) is 4.79 Å². The molecule has 0 radical (unpaired) electrons. The maximum absolute atomic E-state index is 12.5. The molecule has 0 aromatic heterocycles. The lowest BCUT2D eigenvalue weighted by atomic mass is 10.1. The van der Waals surface area contributed by atoms with Crippen LogP contribution in [0.5, 0.6) is 0 Å². The summed E-state index contributed by atoms with van der Waals surface area (Å²) in [6.07, 6.45) is 5.36. The maximum Gasteiger partial charge on any atom is 0.321 e. The van der Waals surface area contributed by atoms with Gasteiger partial charge >= 0.3 is 6.03 Å². The van der Waals surface area contributed by atoms with Crippen molar-refractivity contribution >= 4 is 23.3 Å². The summed E-state index contributed by atoms with van der Waals surface area (Å²) in [7, 11) is 0. The molecular formula is C18H26ClN3O. The van der Waals surface area contributed by atoms with E-state index in [-0.39, 0.29) is 6.03 Å². The third-order valence-electron chi connectivity index (χ3n) is 5.11. The monoisotopic (exact) mass is 335 g/mol. The largest absolute Gasteiger partial charge is 0.322 e. The van der Waals surface area contributed by atoms with Gasteiger partial charge in [0, 0.05) is 32.2 Å². The molecule has 1 saturated heterocycles. The van der Waals surface area contributed by atoms with Crippen LogP contribution in [0.2, 0.25) is 5.02 Å². The van der Waals surface area contributed by atoms with Gasteiger partial charge in [0.05, 0.1) is 10.7 Å². The Bertz CT molecular complexity index is 553. The van der Waals surface area contributed by atoms with E-state index in [1.54, 1.807) is 0 Å². The van der Waals surface area contributed by atoms with Crippen molar-refractivity contribution in [2.75, 3.05) is 31.5 Å². The van der Waals surface area contributed by atoms with E-state index in [1.807, 2.05) is 30.9 Å². The van der Waals surface area contributed by atoms with E-state index in [9.17, 15) is 4.79 Å². The lowest BCUT2D eigenvalue weighted by molar-refractivity contribution is 0.115. The van der Waals surface area contributed by atoms with Crippen LogP contribution in [0.15, 0.2) is 12.1 Å². The van der Waals surface area contributed by atoms with Gasteiger partial charge in [-0.1, -0.05) is 30.5 Å². The van der Waals surface area contributed by atoms with Crippen molar-refractivity contribution < 1.29 is 4.79 Å². The molecule has 5 heteroatoms. The van der Waals surface area contributed by atoms with Crippen molar-refractivity contribution in [3.05, 3.63) is 28.3 Å². The molecule has 0 spiro atoms. The molecule has 1 aliphatic carbocycles. The zero-order valence-electron chi connectivity index (χ0n) is 14.1. The minimum atomic E-state index is -0.0371. The Morgan fingerprint density at radius 3 is 2.39 bits per heavy atom. The molecule has 2 fully saturated rings. The van der Waals surface area contributed by atoms with Crippen LogP contribution in [0.1, 0.15) is 36.8 Å². The van der Waals surface area contributed by atoms with Crippen molar-refractivity contribution in [1.29, 1.82) is 0 Å². The van der Waals surface area contributed by atoms with Crippen LogP contribution in [0.4, 0.5) is 10.5 Å². The molecule has 4 nitrogen and oxygen atoms in total. The number of halogens is 1. The second-order valence-electron chi connectivity index (χ2n) is 6.83. The van der Waals surface area contributed by atoms with Crippen LogP contribution >= 0.6 is 11.6 Å². The lowest BCUT2D eigenvalue weighted by Crippen LogP contribution is -2.52. The highest BCUT2D eigenvalue weighted by molar-refractivity contribution is 6.34. The smallest absolute Gasteiger partial charge is 0.321 e. The molecule has 1 aromatic carbocycles. The molecule has 2 amide bonds. The van der Waals surface area contributed by atoms with Gasteiger partial charge in [-0.05, 0) is 43.9 Å². The number of rotatable bonds is 2. The van der Waals surface area contributed by atoms with Crippen molar-refractivity contribution in [2.24, 2.45) is 0 Å². The Kier molecular flexibility index (Phi) is 5.12. The minimum absolute atomic E-state index is 0.0371. The standard InChI is InChI=1S/C18H26ClN3O/c1-13-11-14(2)17(16(19)12-13)20-18(23)22-9-7-21(8-10-22)15-5-3-4-6-15/h11-12,15H,3-10H2,1-2H3,(H,20,23). The number of urea groups is 1. The highest BCUT2D eigenvalue weighted by Gasteiger charge is 2.28. The number of nitrogens with zero attached hydrogens (tertiary/aromatic N) is 2. The molecule has 0 unspecified atom stereocenters. The van der Waals surface area contributed by atoms with Crippen molar-refractivity contribution in [3.8, 4) is 0 Å². The second-order valence-corrected chi connectivity index (χ2v) is 7.24. The molecule has 3 rings (SSSR count). The number of benzene rings is 1. The number of hydrogen-bond donors (Lipinski definition) is 1. The average molecular weight is 336 g/mol. The summed E-state index contributed by atoms with van der Waals surface area (Å²) in [5, 5.41) is 3.61. The van der Waals surface area contributed by atoms with E-state index in [0.717, 1.165) is 49.0 Å². The lowest BCUT2D eigenvalue weighted by Gasteiger charge is -2.38. The number of anilines is 1. The summed E-state index contributed by atoms with van der Waals surface area (Å²) in [5.74, 6) is 0. The number of nitrogens with one attached hydrogen (secondary N) is 1. The molecular weight excluding hydrogens is 310 g/mol. The van der Waals surface area contributed by atoms with E-state index in [2.05, 4.69) is 10.2 Å². The Hall–Kier alpha value is -1.26. The molecule has 1 heterocycles. The first-order chi connectivity index (χ1) is 11.0. The number of carbonyl (C=O) groups is 1. The van der Waals surface area contributed by atoms with E-state index in [1.165, 1.54) is 25.7 Å². The predicted octanol–water partition coefficient (Wildman–Crippen LogP) is 4.05. The molecule has 1 N–H and O–H groups in total. The van der Waals surface area contributed by atoms with Crippen LogP contribution in [0.3, 0.4) is 0 Å². The van der Waals surface area contributed by atoms with E-state index in [0.29, 0.717) is 5.02 Å². The molecule has 0 bridgehead atoms. The second kappa shape index (κ2) is 7.10. The minimum Gasteiger partial charge on any atom is -0.322 e. The normalized spacial score (nSPS) is 20.0. The Balaban J connectivity index is 1.57. The summed E-state index contributed by atoms with van der Waals surface area (Å²) in [5.41, 5.74) is 2.85. The van der Waals surface area contributed by atoms with Gasteiger partial charge in [0.1, 0.15) is 0 Å². The van der Waals surface area contributed by atoms with Gasteiger partial charge in [-0.15, -0.1) is 0 Å². The van der Waals surface area contributed by atoms with Gasteiger partial charge in [-0.2, -0.15) is 0 Å². The first kappa shape index (κ1) is 16.6. The topological polar surface area (TPSA) is 35.6 Å². The number of amides is 2. The summed E-state index contributed by atoms with van der Waals surface area (Å²) >= 11 is 6.29. The van der Waals surface area contributed by atoms with Crippen LogP contribution in [0.25, 0.3) is 0 Å². The SMILES string of the molecule is Cc1cc(C)c(NC(=O)N2CCN(C3CCCC3)CC2)c(Cl)c1. The summed E-state index contributed by atoms with van der Waals surface area (Å²) in [4.78, 5) is 17.0. The van der Waals surface area contributed by atoms with Gasteiger partial charge in [0.15, 0.2) is 0 Å². The summed E-state index contributed by atoms with van der Waals surface area (Å²) in [6, 6.07) is 4.64. The van der Waals surface area contributed by atoms with Crippen molar-refractivity contribution in [3.63, 3.8) is 0 Å². The molecule has 1 saturated carbocycles. The molecule has 126 valence electrons. The van der Waals surface area contributed by atoms with Gasteiger partial charge in [0.25, 0.3) is 0 Å². The van der Waals surface area contributed by atoms with Crippen LogP contribution < -0.4 is 5.32 Å². The van der Waals surface area contributed by atoms with Gasteiger partial charge in [-0.3, -0.25) is 4.90 Å². The highest BCUT2D eigenvalue weighted by Crippen LogP contribution is 2.28. The van der Waals surface area contributed by atoms with E-state index in [4.69, 9.17) is 11.6 Å². The third-order valence-corrected chi connectivity index (χ3v) is 5.40. The predicted molar refractivity (Wildman–Crippen MR) is 95.3 cm³/mol. The Morgan fingerprint density at radius 2 is 1.78 bits per heavy atom. The van der Waals surface area contributed by atoms with Crippen LogP contribution in [-0.2, 0) is 0 Å². The Morgan fingerprint density at radius 1 is 1.13 bits per heavy atom. The van der Waals surface area contributed by atoms with Gasteiger partial charge in [0.2, 0.25) is 0 Å². The summed E-state index contributed by atoms with van der Waals surface area (Å²) in [6.45, 7) is 7.55. The third kappa shape index (κ3) is 3.81. The van der Waals surface area contributed by atoms with E-state index < -0.39 is 0 Å². The fourth-order valence-electron chi connectivity index (χ4n) is 3.82. The van der Waals surface area contributed by atoms with E-state index >= 15 is 0 Å². The summed E-state index contributed by atoms with van der Waals surface area (Å²) < 4.78 is 0. The zero-order valence-corrected chi connectivity index (χ0v) is 14.8. The zero-order chi connectivity index (χ0) is 16.4. The van der Waals surface area contributed by atoms with Crippen LogP contribution in [-0.4, -0.2) is 48.1 Å². The molecule has 1 aliphatic heterocycles. The first-order valence-corrected chi connectivity index (χ1v) is 8.99. The number of piperazine rings is 1.